The van der Waals surface area contributed by atoms with Crippen molar-refractivity contribution < 1.29 is 19.2 Å². The average molecular weight is 386 g/mol. The summed E-state index contributed by atoms with van der Waals surface area (Å²) in [5.41, 5.74) is 3.05. The number of hydrazine groups is 1. The van der Waals surface area contributed by atoms with E-state index in [4.69, 9.17) is 0 Å². The molecule has 0 spiro atoms. The highest BCUT2D eigenvalue weighted by atomic mass is 16.2. The summed E-state index contributed by atoms with van der Waals surface area (Å²) in [4.78, 5) is 51.4. The Morgan fingerprint density at radius 1 is 1.21 bits per heavy atom. The Morgan fingerprint density at radius 2 is 1.86 bits per heavy atom. The predicted molar refractivity (Wildman–Crippen MR) is 102 cm³/mol. The maximum absolute atomic E-state index is 12.7. The van der Waals surface area contributed by atoms with Crippen molar-refractivity contribution in [1.29, 1.82) is 0 Å². The van der Waals surface area contributed by atoms with Crippen molar-refractivity contribution in [2.45, 2.75) is 45.6 Å². The zero-order chi connectivity index (χ0) is 20.5. The Hall–Kier alpha value is -2.90. The van der Waals surface area contributed by atoms with Crippen LogP contribution in [0, 0.1) is 12.8 Å². The molecule has 28 heavy (non-hydrogen) atoms. The lowest BCUT2D eigenvalue weighted by Gasteiger charge is -2.32. The lowest BCUT2D eigenvalue weighted by atomic mass is 9.95. The highest BCUT2D eigenvalue weighted by Crippen LogP contribution is 2.23. The Labute approximate surface area is 164 Å². The SMILES string of the molecule is CC[C@@]1(C)NC(=O)N(NC(=O)C2CCN(C(=O)c3ccccc3C)CC2)C1=O. The summed E-state index contributed by atoms with van der Waals surface area (Å²) in [6.45, 7) is 6.24. The Kier molecular flexibility index (Phi) is 5.40. The lowest BCUT2D eigenvalue weighted by Crippen LogP contribution is -2.51. The van der Waals surface area contributed by atoms with Crippen LogP contribution in [-0.2, 0) is 9.59 Å². The standard InChI is InChI=1S/C20H26N4O4/c1-4-20(3)18(27)24(19(28)21-20)22-16(25)14-9-11-23(12-10-14)17(26)15-8-6-5-7-13(15)2/h5-8,14H,4,9-12H2,1-3H3,(H,21,28)(H,22,25)/t20-/m1/s1. The van der Waals surface area contributed by atoms with Gasteiger partial charge >= 0.3 is 6.03 Å². The molecule has 0 radical (unpaired) electrons. The number of benzene rings is 1. The molecule has 8 heteroatoms. The van der Waals surface area contributed by atoms with E-state index < -0.39 is 17.5 Å². The van der Waals surface area contributed by atoms with Gasteiger partial charge in [-0.1, -0.05) is 25.1 Å². The molecule has 0 unspecified atom stereocenters. The summed E-state index contributed by atoms with van der Waals surface area (Å²) in [6.07, 6.45) is 1.40. The van der Waals surface area contributed by atoms with Gasteiger partial charge in [0.05, 0.1) is 0 Å². The third-order valence-corrected chi connectivity index (χ3v) is 5.72. The van der Waals surface area contributed by atoms with Gasteiger partial charge in [-0.25, -0.2) is 4.79 Å². The van der Waals surface area contributed by atoms with Gasteiger partial charge in [0.2, 0.25) is 5.91 Å². The van der Waals surface area contributed by atoms with Crippen LogP contribution < -0.4 is 10.7 Å². The Balaban J connectivity index is 1.57. The van der Waals surface area contributed by atoms with Crippen molar-refractivity contribution in [1.82, 2.24) is 20.7 Å². The molecular weight excluding hydrogens is 360 g/mol. The molecule has 8 nitrogen and oxygen atoms in total. The number of nitrogens with zero attached hydrogens (tertiary/aromatic N) is 2. The number of urea groups is 1. The third kappa shape index (κ3) is 3.58. The normalized spacial score (nSPS) is 23.0. The summed E-state index contributed by atoms with van der Waals surface area (Å²) in [5.74, 6) is -1.22. The third-order valence-electron chi connectivity index (χ3n) is 5.72. The molecule has 2 aliphatic rings. The largest absolute Gasteiger partial charge is 0.344 e. The van der Waals surface area contributed by atoms with Crippen molar-refractivity contribution in [2.75, 3.05) is 13.1 Å². The van der Waals surface area contributed by atoms with E-state index in [-0.39, 0.29) is 17.7 Å². The molecule has 2 fully saturated rings. The monoisotopic (exact) mass is 386 g/mol. The molecule has 2 heterocycles. The predicted octanol–water partition coefficient (Wildman–Crippen LogP) is 1.60. The summed E-state index contributed by atoms with van der Waals surface area (Å²) >= 11 is 0. The maximum atomic E-state index is 12.7. The van der Waals surface area contributed by atoms with E-state index in [1.54, 1.807) is 24.8 Å². The number of hydrogen-bond acceptors (Lipinski definition) is 4. The van der Waals surface area contributed by atoms with Crippen molar-refractivity contribution in [2.24, 2.45) is 5.92 Å². The summed E-state index contributed by atoms with van der Waals surface area (Å²) in [5, 5.41) is 3.38. The second-order valence-corrected chi connectivity index (χ2v) is 7.61. The molecule has 0 saturated carbocycles. The number of carbonyl (C=O) groups is 4. The van der Waals surface area contributed by atoms with Crippen LogP contribution in [0.25, 0.3) is 0 Å². The summed E-state index contributed by atoms with van der Waals surface area (Å²) < 4.78 is 0. The average Bonchev–Trinajstić information content (AvgIpc) is 2.91. The number of piperidine rings is 1. The molecule has 1 aromatic rings. The van der Waals surface area contributed by atoms with Gasteiger partial charge in [-0.05, 0) is 44.7 Å². The number of nitrogens with one attached hydrogen (secondary N) is 2. The number of likely N-dealkylation sites (tertiary alicyclic amines) is 1. The Bertz CT molecular complexity index is 816. The lowest BCUT2D eigenvalue weighted by molar-refractivity contribution is -0.141. The number of rotatable bonds is 4. The molecule has 0 aliphatic carbocycles. The molecule has 0 aromatic heterocycles. The molecule has 1 atom stereocenters. The number of amides is 5. The highest BCUT2D eigenvalue weighted by molar-refractivity contribution is 6.07. The van der Waals surface area contributed by atoms with E-state index in [2.05, 4.69) is 10.7 Å². The van der Waals surface area contributed by atoms with Crippen molar-refractivity contribution in [3.63, 3.8) is 0 Å². The molecule has 1 aromatic carbocycles. The van der Waals surface area contributed by atoms with Crippen LogP contribution in [0.3, 0.4) is 0 Å². The molecule has 0 bridgehead atoms. The van der Waals surface area contributed by atoms with Gasteiger partial charge < -0.3 is 10.2 Å². The minimum absolute atomic E-state index is 0.0373. The van der Waals surface area contributed by atoms with Crippen LogP contribution in [-0.4, -0.2) is 52.3 Å². The van der Waals surface area contributed by atoms with Crippen molar-refractivity contribution in [3.05, 3.63) is 35.4 Å². The van der Waals surface area contributed by atoms with E-state index in [0.717, 1.165) is 10.6 Å². The van der Waals surface area contributed by atoms with Gasteiger partial charge in [-0.2, -0.15) is 5.01 Å². The smallest absolute Gasteiger partial charge is 0.339 e. The molecule has 2 saturated heterocycles. The minimum Gasteiger partial charge on any atom is -0.339 e. The first kappa shape index (κ1) is 19.9. The number of hydrogen-bond donors (Lipinski definition) is 2. The van der Waals surface area contributed by atoms with Crippen molar-refractivity contribution in [3.8, 4) is 0 Å². The summed E-state index contributed by atoms with van der Waals surface area (Å²) in [7, 11) is 0. The van der Waals surface area contributed by atoms with E-state index in [0.29, 0.717) is 37.9 Å². The van der Waals surface area contributed by atoms with E-state index in [9.17, 15) is 19.2 Å². The minimum atomic E-state index is -0.992. The Morgan fingerprint density at radius 3 is 2.43 bits per heavy atom. The van der Waals surface area contributed by atoms with Crippen LogP contribution in [0.5, 0.6) is 0 Å². The fourth-order valence-electron chi connectivity index (χ4n) is 3.55. The van der Waals surface area contributed by atoms with Gasteiger partial charge in [0.25, 0.3) is 11.8 Å². The van der Waals surface area contributed by atoms with E-state index in [1.807, 2.05) is 25.1 Å². The maximum Gasteiger partial charge on any atom is 0.344 e. The quantitative estimate of drug-likeness (QED) is 0.768. The number of imide groups is 1. The van der Waals surface area contributed by atoms with Gasteiger partial charge in [-0.3, -0.25) is 19.8 Å². The second kappa shape index (κ2) is 7.61. The molecule has 3 rings (SSSR count). The molecule has 5 amide bonds. The number of aryl methyl sites for hydroxylation is 1. The fourth-order valence-corrected chi connectivity index (χ4v) is 3.55. The molecule has 150 valence electrons. The van der Waals surface area contributed by atoms with Crippen LogP contribution in [0.4, 0.5) is 4.79 Å². The van der Waals surface area contributed by atoms with Gasteiger partial charge in [-0.15, -0.1) is 0 Å². The zero-order valence-electron chi connectivity index (χ0n) is 16.4. The molecule has 2 N–H and O–H groups in total. The first-order valence-electron chi connectivity index (χ1n) is 9.59. The topological polar surface area (TPSA) is 98.8 Å². The second-order valence-electron chi connectivity index (χ2n) is 7.61. The van der Waals surface area contributed by atoms with Crippen molar-refractivity contribution >= 4 is 23.8 Å². The van der Waals surface area contributed by atoms with Gasteiger partial charge in [0.1, 0.15) is 5.54 Å². The highest BCUT2D eigenvalue weighted by Gasteiger charge is 2.48. The van der Waals surface area contributed by atoms with Crippen LogP contribution >= 0.6 is 0 Å². The van der Waals surface area contributed by atoms with Crippen LogP contribution in [0.2, 0.25) is 0 Å². The fraction of sp³-hybridized carbons (Fsp3) is 0.500. The molecular formula is C20H26N4O4. The van der Waals surface area contributed by atoms with E-state index >= 15 is 0 Å². The van der Waals surface area contributed by atoms with E-state index in [1.165, 1.54) is 0 Å². The first-order chi connectivity index (χ1) is 13.3. The van der Waals surface area contributed by atoms with Crippen LogP contribution in [0.1, 0.15) is 49.0 Å². The summed E-state index contributed by atoms with van der Waals surface area (Å²) in [6, 6.07) is 6.81. The van der Waals surface area contributed by atoms with Crippen LogP contribution in [0.15, 0.2) is 24.3 Å². The number of carbonyl (C=O) groups excluding carboxylic acids is 4. The van der Waals surface area contributed by atoms with Gasteiger partial charge in [0.15, 0.2) is 0 Å². The molecule has 2 aliphatic heterocycles. The van der Waals surface area contributed by atoms with Gasteiger partial charge in [0, 0.05) is 24.6 Å². The first-order valence-corrected chi connectivity index (χ1v) is 9.59. The zero-order valence-corrected chi connectivity index (χ0v) is 16.4.